The van der Waals surface area contributed by atoms with Crippen LogP contribution in [0.5, 0.6) is 0 Å². The lowest BCUT2D eigenvalue weighted by Gasteiger charge is -2.39. The maximum absolute atomic E-state index is 2.47. The van der Waals surface area contributed by atoms with Crippen molar-refractivity contribution in [3.8, 4) is 0 Å². The Labute approximate surface area is 138 Å². The van der Waals surface area contributed by atoms with Gasteiger partial charge in [-0.05, 0) is 60.0 Å². The van der Waals surface area contributed by atoms with Crippen LogP contribution in [0.1, 0.15) is 90.2 Å². The van der Waals surface area contributed by atoms with Gasteiger partial charge in [0.2, 0.25) is 0 Å². The van der Waals surface area contributed by atoms with Gasteiger partial charge in [0.05, 0.1) is 0 Å². The Hall–Kier alpha value is -0.780. The normalized spacial score (nSPS) is 23.0. The van der Waals surface area contributed by atoms with Crippen LogP contribution in [-0.4, -0.2) is 0 Å². The Kier molecular flexibility index (Phi) is 6.12. The third kappa shape index (κ3) is 4.61. The predicted molar refractivity (Wildman–Crippen MR) is 98.4 cm³/mol. The molecule has 0 saturated heterocycles. The molecule has 0 radical (unpaired) electrons. The van der Waals surface area contributed by atoms with E-state index < -0.39 is 0 Å². The molecule has 22 heavy (non-hydrogen) atoms. The zero-order valence-electron chi connectivity index (χ0n) is 15.5. The number of hydrogen-bond donors (Lipinski definition) is 0. The summed E-state index contributed by atoms with van der Waals surface area (Å²) in [5.41, 5.74) is 3.55. The Morgan fingerprint density at radius 2 is 1.59 bits per heavy atom. The molecular weight excluding hydrogens is 264 g/mol. The van der Waals surface area contributed by atoms with E-state index in [9.17, 15) is 0 Å². The van der Waals surface area contributed by atoms with Gasteiger partial charge in [0.1, 0.15) is 0 Å². The highest BCUT2D eigenvalue weighted by Crippen LogP contribution is 2.42. The second-order valence-corrected chi connectivity index (χ2v) is 8.49. The van der Waals surface area contributed by atoms with Crippen LogP contribution in [-0.2, 0) is 6.42 Å². The van der Waals surface area contributed by atoms with E-state index in [4.69, 9.17) is 0 Å². The fourth-order valence-corrected chi connectivity index (χ4v) is 3.96. The van der Waals surface area contributed by atoms with E-state index in [-0.39, 0.29) is 0 Å². The van der Waals surface area contributed by atoms with Crippen molar-refractivity contribution in [3.05, 3.63) is 35.4 Å². The summed E-state index contributed by atoms with van der Waals surface area (Å²) in [6.45, 7) is 11.8. The number of aryl methyl sites for hydroxylation is 1. The molecule has 0 amide bonds. The average molecular weight is 301 g/mol. The second-order valence-electron chi connectivity index (χ2n) is 8.49. The molecule has 0 atom stereocenters. The monoisotopic (exact) mass is 300 g/mol. The second kappa shape index (κ2) is 7.66. The largest absolute Gasteiger partial charge is 0.0649 e. The summed E-state index contributed by atoms with van der Waals surface area (Å²) in [5, 5.41) is 0. The number of benzene rings is 1. The minimum Gasteiger partial charge on any atom is -0.0649 e. The van der Waals surface area contributed by atoms with E-state index in [0.717, 1.165) is 11.8 Å². The van der Waals surface area contributed by atoms with Crippen LogP contribution in [0.15, 0.2) is 24.3 Å². The molecule has 1 fully saturated rings. The van der Waals surface area contributed by atoms with Gasteiger partial charge >= 0.3 is 0 Å². The van der Waals surface area contributed by atoms with Crippen LogP contribution in [0.2, 0.25) is 0 Å². The Morgan fingerprint density at radius 1 is 1.00 bits per heavy atom. The van der Waals surface area contributed by atoms with Gasteiger partial charge in [-0.25, -0.2) is 0 Å². The first-order valence-corrected chi connectivity index (χ1v) is 9.51. The van der Waals surface area contributed by atoms with Gasteiger partial charge in [-0.3, -0.25) is 0 Å². The first kappa shape index (κ1) is 17.6. The van der Waals surface area contributed by atoms with Crippen molar-refractivity contribution < 1.29 is 0 Å². The molecule has 1 aromatic carbocycles. The van der Waals surface area contributed by atoms with Crippen molar-refractivity contribution >= 4 is 0 Å². The van der Waals surface area contributed by atoms with E-state index >= 15 is 0 Å². The van der Waals surface area contributed by atoms with Crippen molar-refractivity contribution in [2.24, 2.45) is 17.3 Å². The summed E-state index contributed by atoms with van der Waals surface area (Å²) < 4.78 is 0. The van der Waals surface area contributed by atoms with E-state index in [1.165, 1.54) is 56.1 Å². The Morgan fingerprint density at radius 3 is 2.09 bits per heavy atom. The van der Waals surface area contributed by atoms with Crippen molar-refractivity contribution in [1.29, 1.82) is 0 Å². The molecule has 2 rings (SSSR count). The van der Waals surface area contributed by atoms with E-state index in [1.54, 1.807) is 0 Å². The van der Waals surface area contributed by atoms with Crippen LogP contribution in [0.4, 0.5) is 0 Å². The first-order valence-electron chi connectivity index (χ1n) is 9.51. The van der Waals surface area contributed by atoms with Crippen LogP contribution in [0, 0.1) is 17.3 Å². The van der Waals surface area contributed by atoms with Gasteiger partial charge in [-0.1, -0.05) is 78.1 Å². The standard InChI is InChI=1S/C22H36/c1-6-22(4,5)21-15-11-19(12-16-21)8-7-18-9-13-20(14-10-18)17(2)3/h9-10,13-14,17,19,21H,6-8,11-12,15-16H2,1-5H3. The van der Waals surface area contributed by atoms with Crippen molar-refractivity contribution in [2.75, 3.05) is 0 Å². The molecule has 0 unspecified atom stereocenters. The molecule has 0 nitrogen and oxygen atoms in total. The Balaban J connectivity index is 1.77. The highest BCUT2D eigenvalue weighted by molar-refractivity contribution is 5.24. The highest BCUT2D eigenvalue weighted by Gasteiger charge is 2.31. The summed E-state index contributed by atoms with van der Waals surface area (Å²) in [6, 6.07) is 9.34. The SMILES string of the molecule is CCC(C)(C)C1CCC(CCc2ccc(C(C)C)cc2)CC1. The minimum absolute atomic E-state index is 0.553. The third-order valence-electron chi connectivity index (χ3n) is 6.35. The molecule has 0 bridgehead atoms. The lowest BCUT2D eigenvalue weighted by molar-refractivity contribution is 0.126. The van der Waals surface area contributed by atoms with Crippen LogP contribution >= 0.6 is 0 Å². The summed E-state index contributed by atoms with van der Waals surface area (Å²) in [7, 11) is 0. The molecule has 1 aliphatic carbocycles. The predicted octanol–water partition coefficient (Wildman–Crippen LogP) is 6.99. The molecule has 1 aromatic rings. The zero-order valence-corrected chi connectivity index (χ0v) is 15.5. The van der Waals surface area contributed by atoms with Crippen molar-refractivity contribution in [2.45, 2.75) is 85.5 Å². The summed E-state index contributed by atoms with van der Waals surface area (Å²) in [5.74, 6) is 2.57. The zero-order chi connectivity index (χ0) is 16.2. The summed E-state index contributed by atoms with van der Waals surface area (Å²) >= 11 is 0. The molecule has 0 aliphatic heterocycles. The van der Waals surface area contributed by atoms with E-state index in [0.29, 0.717) is 11.3 Å². The summed E-state index contributed by atoms with van der Waals surface area (Å²) in [4.78, 5) is 0. The van der Waals surface area contributed by atoms with Gasteiger partial charge in [0.15, 0.2) is 0 Å². The number of rotatable bonds is 6. The molecule has 124 valence electrons. The molecule has 0 heterocycles. The molecule has 1 aliphatic rings. The van der Waals surface area contributed by atoms with Crippen molar-refractivity contribution in [1.82, 2.24) is 0 Å². The maximum Gasteiger partial charge on any atom is -0.0219 e. The lowest BCUT2D eigenvalue weighted by atomic mass is 9.67. The topological polar surface area (TPSA) is 0 Å². The molecule has 0 N–H and O–H groups in total. The van der Waals surface area contributed by atoms with Crippen LogP contribution in [0.25, 0.3) is 0 Å². The third-order valence-corrected chi connectivity index (χ3v) is 6.35. The van der Waals surface area contributed by atoms with Crippen LogP contribution < -0.4 is 0 Å². The van der Waals surface area contributed by atoms with E-state index in [1.807, 2.05) is 0 Å². The first-order chi connectivity index (χ1) is 10.4. The van der Waals surface area contributed by atoms with Crippen LogP contribution in [0.3, 0.4) is 0 Å². The smallest absolute Gasteiger partial charge is 0.0219 e. The lowest BCUT2D eigenvalue weighted by Crippen LogP contribution is -2.28. The van der Waals surface area contributed by atoms with Gasteiger partial charge in [0, 0.05) is 0 Å². The van der Waals surface area contributed by atoms with Gasteiger partial charge in [-0.2, -0.15) is 0 Å². The quantitative estimate of drug-likeness (QED) is 0.531. The molecular formula is C22H36. The fraction of sp³-hybridized carbons (Fsp3) is 0.727. The molecule has 0 spiro atoms. The van der Waals surface area contributed by atoms with Crippen molar-refractivity contribution in [3.63, 3.8) is 0 Å². The van der Waals surface area contributed by atoms with Gasteiger partial charge < -0.3 is 0 Å². The van der Waals surface area contributed by atoms with E-state index in [2.05, 4.69) is 58.9 Å². The summed E-state index contributed by atoms with van der Waals surface area (Å²) in [6.07, 6.45) is 9.81. The molecule has 0 aromatic heterocycles. The molecule has 0 heteroatoms. The highest BCUT2D eigenvalue weighted by atomic mass is 14.4. The fourth-order valence-electron chi connectivity index (χ4n) is 3.96. The van der Waals surface area contributed by atoms with Gasteiger partial charge in [0.25, 0.3) is 0 Å². The molecule has 1 saturated carbocycles. The average Bonchev–Trinajstić information content (AvgIpc) is 2.53. The Bertz CT molecular complexity index is 430. The number of hydrogen-bond acceptors (Lipinski definition) is 0. The maximum atomic E-state index is 2.47. The van der Waals surface area contributed by atoms with Gasteiger partial charge in [-0.15, -0.1) is 0 Å². The minimum atomic E-state index is 0.553.